The van der Waals surface area contributed by atoms with Crippen LogP contribution < -0.4 is 9.62 Å². The maximum atomic E-state index is 12.5. The molecule has 34 heavy (non-hydrogen) atoms. The number of para-hydroxylation sites is 1. The molecule has 1 aliphatic rings. The van der Waals surface area contributed by atoms with Gasteiger partial charge in [0, 0.05) is 34.9 Å². The molecule has 0 saturated carbocycles. The Labute approximate surface area is 201 Å². The van der Waals surface area contributed by atoms with E-state index in [-0.39, 0.29) is 16.7 Å². The molecular formula is C24H19ClN4O4S. The number of sulfonamides is 1. The fourth-order valence-corrected chi connectivity index (χ4v) is 4.95. The summed E-state index contributed by atoms with van der Waals surface area (Å²) in [5, 5.41) is 4.50. The fraction of sp³-hybridized carbons (Fsp3) is 0.125. The number of anilines is 2. The highest BCUT2D eigenvalue weighted by Crippen LogP contribution is 2.32. The second kappa shape index (κ2) is 8.92. The molecule has 1 saturated heterocycles. The number of benzene rings is 3. The third-order valence-electron chi connectivity index (χ3n) is 5.50. The van der Waals surface area contributed by atoms with E-state index >= 15 is 0 Å². The molecule has 5 rings (SSSR count). The molecule has 1 atom stereocenters. The first-order valence-corrected chi connectivity index (χ1v) is 12.3. The van der Waals surface area contributed by atoms with Crippen molar-refractivity contribution in [3.05, 3.63) is 89.8 Å². The van der Waals surface area contributed by atoms with Crippen molar-refractivity contribution in [3.63, 3.8) is 0 Å². The zero-order valence-electron chi connectivity index (χ0n) is 17.8. The van der Waals surface area contributed by atoms with Crippen LogP contribution in [0.1, 0.15) is 18.2 Å². The second-order valence-electron chi connectivity index (χ2n) is 7.83. The lowest BCUT2D eigenvalue weighted by Crippen LogP contribution is -2.24. The molecule has 10 heteroatoms. The third-order valence-corrected chi connectivity index (χ3v) is 7.15. The van der Waals surface area contributed by atoms with Crippen LogP contribution in [0.2, 0.25) is 5.02 Å². The smallest absolute Gasteiger partial charge is 0.261 e. The Morgan fingerprint density at radius 3 is 2.38 bits per heavy atom. The van der Waals surface area contributed by atoms with Gasteiger partial charge in [-0.15, -0.1) is 0 Å². The first-order valence-electron chi connectivity index (χ1n) is 10.5. The summed E-state index contributed by atoms with van der Waals surface area (Å²) in [5.41, 5.74) is 1.89. The summed E-state index contributed by atoms with van der Waals surface area (Å²) in [5.74, 6) is 0.578. The van der Waals surface area contributed by atoms with Crippen LogP contribution >= 0.6 is 11.6 Å². The normalized spacial score (nSPS) is 16.1. The molecule has 172 valence electrons. The molecule has 1 aliphatic heterocycles. The standard InChI is InChI=1S/C24H19ClN4O4S/c25-18-8-12-21(13-9-18)34(31,32)28-19-10-6-16(7-11-19)23-26-24(33-27-23)17-14-22(30)29(15-17)20-4-2-1-3-5-20/h1-13,17,28H,14-15H2/t17-/m0/s1. The maximum absolute atomic E-state index is 12.5. The number of carbonyl (C=O) groups is 1. The Kier molecular flexibility index (Phi) is 5.80. The largest absolute Gasteiger partial charge is 0.339 e. The summed E-state index contributed by atoms with van der Waals surface area (Å²) >= 11 is 5.83. The van der Waals surface area contributed by atoms with Crippen molar-refractivity contribution in [2.75, 3.05) is 16.2 Å². The van der Waals surface area contributed by atoms with Gasteiger partial charge in [0.25, 0.3) is 10.0 Å². The molecule has 8 nitrogen and oxygen atoms in total. The van der Waals surface area contributed by atoms with E-state index in [0.717, 1.165) is 5.69 Å². The lowest BCUT2D eigenvalue weighted by molar-refractivity contribution is -0.117. The molecule has 1 amide bonds. The Balaban J connectivity index is 1.28. The minimum atomic E-state index is -3.74. The average molecular weight is 495 g/mol. The summed E-state index contributed by atoms with van der Waals surface area (Å²) in [6.07, 6.45) is 0.294. The highest BCUT2D eigenvalue weighted by Gasteiger charge is 2.35. The third kappa shape index (κ3) is 4.52. The number of aromatic nitrogens is 2. The molecule has 1 aromatic heterocycles. The molecular weight excluding hydrogens is 476 g/mol. The van der Waals surface area contributed by atoms with Gasteiger partial charge < -0.3 is 9.42 Å². The minimum absolute atomic E-state index is 0.00766. The van der Waals surface area contributed by atoms with Crippen LogP contribution in [-0.4, -0.2) is 31.0 Å². The molecule has 2 heterocycles. The van der Waals surface area contributed by atoms with Crippen molar-refractivity contribution < 1.29 is 17.7 Å². The van der Waals surface area contributed by atoms with Gasteiger partial charge in [-0.25, -0.2) is 8.42 Å². The summed E-state index contributed by atoms with van der Waals surface area (Å²) in [4.78, 5) is 18.8. The van der Waals surface area contributed by atoms with E-state index in [1.165, 1.54) is 24.3 Å². The van der Waals surface area contributed by atoms with Gasteiger partial charge in [-0.2, -0.15) is 4.98 Å². The average Bonchev–Trinajstić information content (AvgIpc) is 3.47. The maximum Gasteiger partial charge on any atom is 0.261 e. The Bertz CT molecular complexity index is 1420. The molecule has 0 unspecified atom stereocenters. The molecule has 4 aromatic rings. The molecule has 0 aliphatic carbocycles. The van der Waals surface area contributed by atoms with Crippen molar-refractivity contribution in [2.45, 2.75) is 17.2 Å². The van der Waals surface area contributed by atoms with Gasteiger partial charge in [-0.05, 0) is 60.7 Å². The number of nitrogens with one attached hydrogen (secondary N) is 1. The Morgan fingerprint density at radius 1 is 0.971 bits per heavy atom. The zero-order valence-corrected chi connectivity index (χ0v) is 19.3. The summed E-state index contributed by atoms with van der Waals surface area (Å²) < 4.78 is 33.1. The van der Waals surface area contributed by atoms with Gasteiger partial charge in [-0.3, -0.25) is 9.52 Å². The van der Waals surface area contributed by atoms with Crippen molar-refractivity contribution in [3.8, 4) is 11.4 Å². The first-order chi connectivity index (χ1) is 16.4. The van der Waals surface area contributed by atoms with Crippen LogP contribution in [0, 0.1) is 0 Å². The van der Waals surface area contributed by atoms with E-state index in [1.807, 2.05) is 30.3 Å². The van der Waals surface area contributed by atoms with E-state index in [9.17, 15) is 13.2 Å². The lowest BCUT2D eigenvalue weighted by Gasteiger charge is -2.15. The molecule has 0 bridgehead atoms. The predicted molar refractivity (Wildman–Crippen MR) is 128 cm³/mol. The second-order valence-corrected chi connectivity index (χ2v) is 9.95. The van der Waals surface area contributed by atoms with E-state index in [0.29, 0.717) is 41.0 Å². The van der Waals surface area contributed by atoms with Crippen molar-refractivity contribution in [1.82, 2.24) is 10.1 Å². The summed E-state index contributed by atoms with van der Waals surface area (Å²) in [6, 6.07) is 22.0. The van der Waals surface area contributed by atoms with E-state index in [2.05, 4.69) is 14.9 Å². The molecule has 1 fully saturated rings. The van der Waals surface area contributed by atoms with Crippen LogP contribution in [0.3, 0.4) is 0 Å². The zero-order chi connectivity index (χ0) is 23.7. The molecule has 0 spiro atoms. The SMILES string of the molecule is O=C1C[C@H](c2nc(-c3ccc(NS(=O)(=O)c4ccc(Cl)cc4)cc3)no2)CN1c1ccccc1. The van der Waals surface area contributed by atoms with Crippen LogP contribution in [0.25, 0.3) is 11.4 Å². The van der Waals surface area contributed by atoms with Gasteiger partial charge in [-0.1, -0.05) is 35.0 Å². The van der Waals surface area contributed by atoms with Crippen molar-refractivity contribution in [1.29, 1.82) is 0 Å². The molecule has 1 N–H and O–H groups in total. The number of carbonyl (C=O) groups excluding carboxylic acids is 1. The monoisotopic (exact) mass is 494 g/mol. The minimum Gasteiger partial charge on any atom is -0.339 e. The van der Waals surface area contributed by atoms with Crippen LogP contribution in [0.5, 0.6) is 0 Å². The number of amides is 1. The topological polar surface area (TPSA) is 105 Å². The van der Waals surface area contributed by atoms with Gasteiger partial charge >= 0.3 is 0 Å². The van der Waals surface area contributed by atoms with Crippen LogP contribution in [0.4, 0.5) is 11.4 Å². The van der Waals surface area contributed by atoms with E-state index in [1.54, 1.807) is 29.2 Å². The molecule has 0 radical (unpaired) electrons. The van der Waals surface area contributed by atoms with Crippen molar-refractivity contribution in [2.24, 2.45) is 0 Å². The number of hydrogen-bond donors (Lipinski definition) is 1. The number of nitrogens with zero attached hydrogens (tertiary/aromatic N) is 3. The lowest BCUT2D eigenvalue weighted by atomic mass is 10.1. The van der Waals surface area contributed by atoms with Crippen molar-refractivity contribution >= 4 is 38.9 Å². The summed E-state index contributed by atoms with van der Waals surface area (Å²) in [6.45, 7) is 0.468. The number of halogens is 1. The van der Waals surface area contributed by atoms with Crippen LogP contribution in [-0.2, 0) is 14.8 Å². The van der Waals surface area contributed by atoms with Gasteiger partial charge in [0.2, 0.25) is 17.6 Å². The van der Waals surface area contributed by atoms with Gasteiger partial charge in [0.05, 0.1) is 10.8 Å². The highest BCUT2D eigenvalue weighted by atomic mass is 35.5. The number of rotatable bonds is 6. The Morgan fingerprint density at radius 2 is 1.68 bits per heavy atom. The quantitative estimate of drug-likeness (QED) is 0.416. The Hall–Kier alpha value is -3.69. The predicted octanol–water partition coefficient (Wildman–Crippen LogP) is 4.71. The fourth-order valence-electron chi connectivity index (χ4n) is 3.76. The van der Waals surface area contributed by atoms with E-state index in [4.69, 9.17) is 16.1 Å². The van der Waals surface area contributed by atoms with E-state index < -0.39 is 10.0 Å². The highest BCUT2D eigenvalue weighted by molar-refractivity contribution is 7.92. The van der Waals surface area contributed by atoms with Crippen LogP contribution in [0.15, 0.2) is 88.3 Å². The molecule has 3 aromatic carbocycles. The number of hydrogen-bond acceptors (Lipinski definition) is 6. The summed E-state index contributed by atoms with van der Waals surface area (Å²) in [7, 11) is -3.74. The van der Waals surface area contributed by atoms with Gasteiger partial charge in [0.15, 0.2) is 0 Å². The first kappa shape index (κ1) is 22.1. The van der Waals surface area contributed by atoms with Gasteiger partial charge in [0.1, 0.15) is 0 Å².